The predicted molar refractivity (Wildman–Crippen MR) is 312 cm³/mol. The van der Waals surface area contributed by atoms with E-state index in [0.29, 0.717) is 66.8 Å². The van der Waals surface area contributed by atoms with Crippen molar-refractivity contribution >= 4 is 54.6 Å². The third kappa shape index (κ3) is 8.75. The first-order valence-corrected chi connectivity index (χ1v) is 25.0. The molecule has 13 aromatic rings. The SMILES string of the molecule is [2H]c1c([2H])c([2H])c(-c2cccc(-c3cc(C(C)(C)C)cc(C(C)(C)C)c3)c2-[n+]2[c-]n(-c3[c-]c(Oc4[c-]c5c(cc4)c4cc(-n6c7c([2H])c([2H])c([2H])c([2H])c7c7c([2H])c([2H])c([2H])c([2H])c76)ccc4n5-c4cc(C([2H])([2H])C)ccn4)ccc3)c3ccccc32)c([2H])c1[2H].[Pt]. The zero-order chi connectivity index (χ0) is 65.0. The van der Waals surface area contributed by atoms with Gasteiger partial charge in [-0.25, -0.2) is 4.98 Å². The molecule has 0 N–H and O–H groups in total. The van der Waals surface area contributed by atoms with E-state index in [1.807, 2.05) is 63.7 Å². The van der Waals surface area contributed by atoms with Gasteiger partial charge in [0.25, 0.3) is 6.33 Å². The molecule has 0 aliphatic heterocycles. The minimum absolute atomic E-state index is 0. The van der Waals surface area contributed by atoms with Crippen LogP contribution in [0.15, 0.2) is 206 Å². The van der Waals surface area contributed by atoms with E-state index in [2.05, 4.69) is 78.2 Å². The summed E-state index contributed by atoms with van der Waals surface area (Å²) in [6, 6.07) is 38.1. The molecule has 6 nitrogen and oxygen atoms in total. The minimum atomic E-state index is -1.76. The summed E-state index contributed by atoms with van der Waals surface area (Å²) in [5.74, 6) is 0.876. The van der Waals surface area contributed by atoms with Crippen LogP contribution in [-0.2, 0) is 38.3 Å². The fourth-order valence-electron chi connectivity index (χ4n) is 10.1. The molecule has 0 saturated carbocycles. The molecule has 9 aromatic carbocycles. The molecule has 0 saturated heterocycles. The molecule has 0 spiro atoms. The first-order valence-electron chi connectivity index (χ1n) is 32.5. The summed E-state index contributed by atoms with van der Waals surface area (Å²) in [5, 5.41) is 1.09. The molecule has 380 valence electrons. The summed E-state index contributed by atoms with van der Waals surface area (Å²) in [5.41, 5.74) is 7.77. The molecular weight excluding hydrogens is 1120 g/mol. The van der Waals surface area contributed by atoms with Crippen molar-refractivity contribution in [3.8, 4) is 56.6 Å². The number of nitrogens with zero attached hydrogens (tertiary/aromatic N) is 5. The van der Waals surface area contributed by atoms with Crippen LogP contribution < -0.4 is 9.30 Å². The Morgan fingerprint density at radius 3 is 1.95 bits per heavy atom. The number of aromatic nitrogens is 5. The van der Waals surface area contributed by atoms with E-state index in [-0.39, 0.29) is 82.8 Å². The minimum Gasteiger partial charge on any atom is -0.510 e. The van der Waals surface area contributed by atoms with Crippen LogP contribution in [0.4, 0.5) is 0 Å². The fourth-order valence-corrected chi connectivity index (χ4v) is 10.1. The van der Waals surface area contributed by atoms with Crippen LogP contribution in [0.25, 0.3) is 99.8 Å². The number of rotatable bonds is 9. The largest absolute Gasteiger partial charge is 0.510 e. The van der Waals surface area contributed by atoms with Crippen molar-refractivity contribution in [2.45, 2.75) is 65.7 Å². The van der Waals surface area contributed by atoms with E-state index in [4.69, 9.17) is 27.5 Å². The zero-order valence-electron chi connectivity index (χ0n) is 58.1. The van der Waals surface area contributed by atoms with Gasteiger partial charge in [-0.05, 0) is 110 Å². The maximum Gasteiger partial charge on any atom is 0.268 e. The number of para-hydroxylation sites is 5. The Balaban J connectivity index is 0.00000816. The Hall–Kier alpha value is -8.31. The normalized spacial score (nSPS) is 15.0. The van der Waals surface area contributed by atoms with Gasteiger partial charge >= 0.3 is 0 Å². The second-order valence-corrected chi connectivity index (χ2v) is 20.8. The summed E-state index contributed by atoms with van der Waals surface area (Å²) in [6.07, 6.45) is 3.37. The van der Waals surface area contributed by atoms with Gasteiger partial charge in [-0.2, -0.15) is 18.2 Å². The summed E-state index contributed by atoms with van der Waals surface area (Å²) >= 11 is 0. The number of pyridine rings is 1. The number of fused-ring (bicyclic) bond motifs is 7. The van der Waals surface area contributed by atoms with Gasteiger partial charge in [0.05, 0.1) is 45.6 Å². The molecule has 0 fully saturated rings. The van der Waals surface area contributed by atoms with Gasteiger partial charge in [0.15, 0.2) is 0 Å². The molecule has 0 amide bonds. The molecule has 4 aromatic heterocycles. The fraction of sp³-hybridized carbons (Fsp3) is 0.143. The Bertz CT molecular complexity index is 5150. The first kappa shape index (κ1) is 35.1. The van der Waals surface area contributed by atoms with Crippen LogP contribution in [-0.4, -0.2) is 18.7 Å². The Morgan fingerprint density at radius 2 is 1.23 bits per heavy atom. The average Bonchev–Trinajstić information content (AvgIpc) is 1.54. The van der Waals surface area contributed by atoms with Crippen LogP contribution in [0.2, 0.25) is 0 Å². The van der Waals surface area contributed by atoms with Gasteiger partial charge in [0.1, 0.15) is 5.82 Å². The van der Waals surface area contributed by atoms with Gasteiger partial charge in [0.2, 0.25) is 0 Å². The molecule has 0 radical (unpaired) electrons. The van der Waals surface area contributed by atoms with Crippen LogP contribution in [0.3, 0.4) is 0 Å². The molecule has 0 aliphatic carbocycles. The monoisotopic (exact) mass is 1190 g/mol. The quantitative estimate of drug-likeness (QED) is 0.107. The van der Waals surface area contributed by atoms with E-state index in [1.54, 1.807) is 53.1 Å². The average molecular weight is 1190 g/mol. The molecule has 77 heavy (non-hydrogen) atoms. The second-order valence-electron chi connectivity index (χ2n) is 20.8. The Kier molecular flexibility index (Phi) is 8.83. The van der Waals surface area contributed by atoms with Crippen LogP contribution in [0, 0.1) is 18.5 Å². The van der Waals surface area contributed by atoms with Gasteiger partial charge in [0, 0.05) is 63.5 Å². The van der Waals surface area contributed by atoms with Crippen molar-refractivity contribution in [1.29, 1.82) is 0 Å². The summed E-state index contributed by atoms with van der Waals surface area (Å²) in [4.78, 5) is 4.73. The predicted octanol–water partition coefficient (Wildman–Crippen LogP) is 17.2. The van der Waals surface area contributed by atoms with E-state index in [9.17, 15) is 2.74 Å². The van der Waals surface area contributed by atoms with Gasteiger partial charge in [-0.3, -0.25) is 4.57 Å². The smallest absolute Gasteiger partial charge is 0.268 e. The third-order valence-electron chi connectivity index (χ3n) is 14.0. The van der Waals surface area contributed by atoms with Gasteiger partial charge < -0.3 is 18.4 Å². The number of imidazole rings is 1. The van der Waals surface area contributed by atoms with Crippen molar-refractivity contribution in [3.63, 3.8) is 0 Å². The van der Waals surface area contributed by atoms with Gasteiger partial charge in [-0.15, -0.1) is 29.7 Å². The van der Waals surface area contributed by atoms with E-state index < -0.39 is 72.8 Å². The molecule has 0 unspecified atom stereocenters. The van der Waals surface area contributed by atoms with Gasteiger partial charge in [-0.1, -0.05) is 181 Å². The zero-order valence-corrected chi connectivity index (χ0v) is 45.4. The number of benzene rings is 9. The van der Waals surface area contributed by atoms with Crippen LogP contribution in [0.1, 0.15) is 85.7 Å². The molecule has 0 aliphatic rings. The Morgan fingerprint density at radius 1 is 0.571 bits per heavy atom. The third-order valence-corrected chi connectivity index (χ3v) is 14.0. The summed E-state index contributed by atoms with van der Waals surface area (Å²) in [6.45, 7) is 14.4. The number of aryl methyl sites for hydroxylation is 1. The van der Waals surface area contributed by atoms with E-state index >= 15 is 0 Å². The van der Waals surface area contributed by atoms with Crippen molar-refractivity contribution in [2.24, 2.45) is 0 Å². The summed E-state index contributed by atoms with van der Waals surface area (Å²) < 4.78 is 146. The molecule has 13 rings (SSSR count). The van der Waals surface area contributed by atoms with Crippen molar-refractivity contribution in [2.75, 3.05) is 0 Å². The van der Waals surface area contributed by atoms with Crippen LogP contribution >= 0.6 is 0 Å². The first-order chi connectivity index (χ1) is 43.0. The topological polar surface area (TPSA) is 40.8 Å². The molecule has 0 bridgehead atoms. The number of hydrogen-bond donors (Lipinski definition) is 0. The molecule has 7 heteroatoms. The van der Waals surface area contributed by atoms with Crippen LogP contribution in [0.5, 0.6) is 11.5 Å². The molecular formula is C70H57N5OPt-2. The standard InChI is InChI=1S/C70H57N5O.Pt/c1-8-46-36-37-71-67(38-46)75-63-35-32-52(74-61-28-14-12-24-57(61)58-25-13-15-29-62(58)74)43-60(63)59-34-33-54(44-66(59)75)76-53-23-18-22-51(42-53)72-45-73(65-31-17-16-30-64(65)72)68-55(47-20-10-9-11-21-47)26-19-27-56(68)48-39-49(69(2,3)4)41-50(40-48)70(5,6)7;/h9-41,43H,8H2,1-7H3;/q-2;/i8D2,9D,10D,11D,12D,13D,14D,15D,20D,21D,24D,25D,28D,29D;. The van der Waals surface area contributed by atoms with Crippen molar-refractivity contribution < 1.29 is 50.9 Å². The Labute approximate surface area is 485 Å². The molecule has 4 heterocycles. The van der Waals surface area contributed by atoms with Crippen molar-refractivity contribution in [1.82, 2.24) is 18.7 Å². The maximum absolute atomic E-state index is 9.27. The summed E-state index contributed by atoms with van der Waals surface area (Å²) in [7, 11) is 0. The maximum atomic E-state index is 9.27. The van der Waals surface area contributed by atoms with E-state index in [0.717, 1.165) is 22.3 Å². The van der Waals surface area contributed by atoms with Crippen molar-refractivity contribution in [3.05, 3.63) is 241 Å². The number of ether oxygens (including phenoxy) is 1. The second kappa shape index (κ2) is 19.4. The van der Waals surface area contributed by atoms with E-state index in [1.165, 1.54) is 17.7 Å². The number of hydrogen-bond acceptors (Lipinski definition) is 2. The molecule has 0 atom stereocenters.